The Labute approximate surface area is 177 Å². The summed E-state index contributed by atoms with van der Waals surface area (Å²) in [6.07, 6.45) is 4.89. The van der Waals surface area contributed by atoms with E-state index >= 15 is 0 Å². The Bertz CT molecular complexity index is 763. The molecule has 0 radical (unpaired) electrons. The zero-order chi connectivity index (χ0) is 21.5. The first-order valence-electron chi connectivity index (χ1n) is 10.2. The number of hydrogen-bond donors (Lipinski definition) is 0. The summed E-state index contributed by atoms with van der Waals surface area (Å²) < 4.78 is 21.4. The molecule has 2 saturated heterocycles. The summed E-state index contributed by atoms with van der Waals surface area (Å²) in [5.41, 5.74) is 0.760. The number of nitrogens with zero attached hydrogens (tertiary/aromatic N) is 2. The largest absolute Gasteiger partial charge is 0.493 e. The molecular formula is C22H30N2O6. The summed E-state index contributed by atoms with van der Waals surface area (Å²) in [5, 5.41) is 0. The van der Waals surface area contributed by atoms with Gasteiger partial charge in [0.2, 0.25) is 17.6 Å². The lowest BCUT2D eigenvalue weighted by molar-refractivity contribution is -0.143. The number of methoxy groups -OCH3 is 3. The average Bonchev–Trinajstić information content (AvgIpc) is 2.81. The molecule has 30 heavy (non-hydrogen) atoms. The van der Waals surface area contributed by atoms with Gasteiger partial charge in [-0.1, -0.05) is 0 Å². The second-order valence-electron chi connectivity index (χ2n) is 7.35. The van der Waals surface area contributed by atoms with E-state index in [0.717, 1.165) is 18.4 Å². The summed E-state index contributed by atoms with van der Waals surface area (Å²) in [7, 11) is 4.65. The Morgan fingerprint density at radius 1 is 1.00 bits per heavy atom. The third-order valence-corrected chi connectivity index (χ3v) is 5.51. The number of benzene rings is 1. The van der Waals surface area contributed by atoms with Gasteiger partial charge in [0.1, 0.15) is 0 Å². The van der Waals surface area contributed by atoms with Crippen molar-refractivity contribution in [3.8, 4) is 17.2 Å². The van der Waals surface area contributed by atoms with Crippen molar-refractivity contribution in [1.29, 1.82) is 0 Å². The average molecular weight is 418 g/mol. The molecular weight excluding hydrogens is 388 g/mol. The topological polar surface area (TPSA) is 77.5 Å². The molecule has 2 heterocycles. The van der Waals surface area contributed by atoms with Crippen LogP contribution in [0.4, 0.5) is 0 Å². The van der Waals surface area contributed by atoms with Gasteiger partial charge in [0.05, 0.1) is 40.5 Å². The predicted octanol–water partition coefficient (Wildman–Crippen LogP) is 1.82. The van der Waals surface area contributed by atoms with Crippen LogP contribution in [0.25, 0.3) is 6.08 Å². The molecule has 1 atom stereocenters. The monoisotopic (exact) mass is 418 g/mol. The van der Waals surface area contributed by atoms with Gasteiger partial charge >= 0.3 is 0 Å². The van der Waals surface area contributed by atoms with Gasteiger partial charge in [-0.3, -0.25) is 9.59 Å². The van der Waals surface area contributed by atoms with E-state index in [1.807, 2.05) is 4.90 Å². The predicted molar refractivity (Wildman–Crippen MR) is 112 cm³/mol. The highest BCUT2D eigenvalue weighted by Crippen LogP contribution is 2.38. The standard InChI is InChI=1S/C22H30N2O6/c1-27-18-13-16(14-19(28-2)21(18)29-3)6-7-20(25)24-8-4-5-17(15-24)22(26)23-9-11-30-12-10-23/h6-7,13-14,17H,4-5,8-12,15H2,1-3H3/b7-6+. The van der Waals surface area contributed by atoms with E-state index in [1.165, 1.54) is 6.08 Å². The van der Waals surface area contributed by atoms with Gasteiger partial charge in [-0.05, 0) is 36.6 Å². The number of piperidine rings is 1. The summed E-state index contributed by atoms with van der Waals surface area (Å²) in [6, 6.07) is 3.57. The Morgan fingerprint density at radius 3 is 2.27 bits per heavy atom. The number of rotatable bonds is 6. The number of morpholine rings is 1. The second kappa shape index (κ2) is 10.3. The molecule has 1 aromatic carbocycles. The highest BCUT2D eigenvalue weighted by atomic mass is 16.5. The molecule has 2 aliphatic heterocycles. The molecule has 164 valence electrons. The van der Waals surface area contributed by atoms with Crippen molar-refractivity contribution in [1.82, 2.24) is 9.80 Å². The number of amides is 2. The SMILES string of the molecule is COc1cc(/C=C/C(=O)N2CCCC(C(=O)N3CCOCC3)C2)cc(OC)c1OC. The van der Waals surface area contributed by atoms with Gasteiger partial charge in [0, 0.05) is 32.3 Å². The number of carbonyl (C=O) groups excluding carboxylic acids is 2. The van der Waals surface area contributed by atoms with Crippen LogP contribution in [0, 0.1) is 5.92 Å². The first kappa shape index (κ1) is 22.0. The molecule has 0 spiro atoms. The molecule has 2 amide bonds. The zero-order valence-electron chi connectivity index (χ0n) is 17.9. The van der Waals surface area contributed by atoms with Crippen LogP contribution in [-0.4, -0.2) is 82.3 Å². The van der Waals surface area contributed by atoms with E-state index in [0.29, 0.717) is 56.6 Å². The van der Waals surface area contributed by atoms with Gasteiger partial charge in [-0.15, -0.1) is 0 Å². The van der Waals surface area contributed by atoms with Crippen LogP contribution in [0.2, 0.25) is 0 Å². The van der Waals surface area contributed by atoms with Crippen LogP contribution in [0.5, 0.6) is 17.2 Å². The van der Waals surface area contributed by atoms with Crippen LogP contribution in [0.3, 0.4) is 0 Å². The summed E-state index contributed by atoms with van der Waals surface area (Å²) in [5.74, 6) is 1.43. The Kier molecular flexibility index (Phi) is 7.57. The minimum absolute atomic E-state index is 0.108. The van der Waals surface area contributed by atoms with E-state index in [2.05, 4.69) is 0 Å². The number of ether oxygens (including phenoxy) is 4. The lowest BCUT2D eigenvalue weighted by Crippen LogP contribution is -2.49. The molecule has 3 rings (SSSR count). The molecule has 0 aliphatic carbocycles. The maximum Gasteiger partial charge on any atom is 0.246 e. The van der Waals surface area contributed by atoms with Gasteiger partial charge in [-0.2, -0.15) is 0 Å². The fraction of sp³-hybridized carbons (Fsp3) is 0.545. The van der Waals surface area contributed by atoms with Crippen LogP contribution in [0.1, 0.15) is 18.4 Å². The van der Waals surface area contributed by atoms with Crippen molar-refractivity contribution in [2.24, 2.45) is 5.92 Å². The normalized spacial score (nSPS) is 19.6. The molecule has 1 unspecified atom stereocenters. The molecule has 0 N–H and O–H groups in total. The summed E-state index contributed by atoms with van der Waals surface area (Å²) in [6.45, 7) is 3.53. The lowest BCUT2D eigenvalue weighted by Gasteiger charge is -2.35. The highest BCUT2D eigenvalue weighted by molar-refractivity contribution is 5.92. The smallest absolute Gasteiger partial charge is 0.246 e. The first-order chi connectivity index (χ1) is 14.6. The van der Waals surface area contributed by atoms with Crippen molar-refractivity contribution >= 4 is 17.9 Å². The minimum Gasteiger partial charge on any atom is -0.493 e. The van der Waals surface area contributed by atoms with E-state index < -0.39 is 0 Å². The zero-order valence-corrected chi connectivity index (χ0v) is 17.9. The quantitative estimate of drug-likeness (QED) is 0.656. The van der Waals surface area contributed by atoms with Gasteiger partial charge in [0.15, 0.2) is 11.5 Å². The first-order valence-corrected chi connectivity index (χ1v) is 10.2. The van der Waals surface area contributed by atoms with Crippen LogP contribution in [0.15, 0.2) is 18.2 Å². The molecule has 2 aliphatic rings. The lowest BCUT2D eigenvalue weighted by atomic mass is 9.96. The van der Waals surface area contributed by atoms with E-state index in [1.54, 1.807) is 44.4 Å². The highest BCUT2D eigenvalue weighted by Gasteiger charge is 2.31. The van der Waals surface area contributed by atoms with Gasteiger partial charge in [-0.25, -0.2) is 0 Å². The molecule has 0 aromatic heterocycles. The third-order valence-electron chi connectivity index (χ3n) is 5.51. The molecule has 2 fully saturated rings. The maximum absolute atomic E-state index is 12.8. The van der Waals surface area contributed by atoms with Crippen molar-refractivity contribution in [2.45, 2.75) is 12.8 Å². The van der Waals surface area contributed by atoms with Crippen molar-refractivity contribution < 1.29 is 28.5 Å². The fourth-order valence-corrected chi connectivity index (χ4v) is 3.89. The Balaban J connectivity index is 1.66. The van der Waals surface area contributed by atoms with E-state index in [4.69, 9.17) is 18.9 Å². The van der Waals surface area contributed by atoms with Crippen molar-refractivity contribution in [3.05, 3.63) is 23.8 Å². The Morgan fingerprint density at radius 2 is 1.67 bits per heavy atom. The summed E-state index contributed by atoms with van der Waals surface area (Å²) in [4.78, 5) is 29.1. The maximum atomic E-state index is 12.8. The second-order valence-corrected chi connectivity index (χ2v) is 7.35. The van der Waals surface area contributed by atoms with Gasteiger partial charge in [0.25, 0.3) is 0 Å². The van der Waals surface area contributed by atoms with E-state index in [-0.39, 0.29) is 17.7 Å². The summed E-state index contributed by atoms with van der Waals surface area (Å²) >= 11 is 0. The molecule has 0 bridgehead atoms. The minimum atomic E-state index is -0.143. The molecule has 8 heteroatoms. The van der Waals surface area contributed by atoms with Gasteiger partial charge < -0.3 is 28.7 Å². The molecule has 1 aromatic rings. The Hall–Kier alpha value is -2.74. The number of carbonyl (C=O) groups is 2. The number of hydrogen-bond acceptors (Lipinski definition) is 6. The van der Waals surface area contributed by atoms with Crippen molar-refractivity contribution in [3.63, 3.8) is 0 Å². The van der Waals surface area contributed by atoms with Crippen LogP contribution >= 0.6 is 0 Å². The van der Waals surface area contributed by atoms with Crippen LogP contribution < -0.4 is 14.2 Å². The molecule has 0 saturated carbocycles. The molecule has 8 nitrogen and oxygen atoms in total. The van der Waals surface area contributed by atoms with Crippen LogP contribution in [-0.2, 0) is 14.3 Å². The number of likely N-dealkylation sites (tertiary alicyclic amines) is 1. The third kappa shape index (κ3) is 5.05. The fourth-order valence-electron chi connectivity index (χ4n) is 3.89. The van der Waals surface area contributed by atoms with E-state index in [9.17, 15) is 9.59 Å². The van der Waals surface area contributed by atoms with Crippen molar-refractivity contribution in [2.75, 3.05) is 60.7 Å².